The highest BCUT2D eigenvalue weighted by Crippen LogP contribution is 2.09. The van der Waals surface area contributed by atoms with Crippen molar-refractivity contribution >= 4 is 11.3 Å². The van der Waals surface area contributed by atoms with Gasteiger partial charge in [-0.1, -0.05) is 0 Å². The lowest BCUT2D eigenvalue weighted by Crippen LogP contribution is -2.34. The summed E-state index contributed by atoms with van der Waals surface area (Å²) < 4.78 is 2.28. The zero-order valence-corrected chi connectivity index (χ0v) is 12.3. The second-order valence-corrected chi connectivity index (χ2v) is 6.52. The molecule has 0 atom stereocenters. The standard InChI is InChI=1S/C15H22N2S/c1-15(2,3)16-10-14-5-8-17(11-14)7-4-13-6-9-18-12-13/h5-6,8-9,11-12,16H,4,7,10H2,1-3H3. The summed E-state index contributed by atoms with van der Waals surface area (Å²) in [5.41, 5.74) is 2.97. The van der Waals surface area contributed by atoms with Gasteiger partial charge >= 0.3 is 0 Å². The fourth-order valence-electron chi connectivity index (χ4n) is 1.79. The molecular formula is C15H22N2S. The Morgan fingerprint density at radius 2 is 2.06 bits per heavy atom. The molecule has 2 heterocycles. The largest absolute Gasteiger partial charge is 0.354 e. The Morgan fingerprint density at radius 1 is 1.22 bits per heavy atom. The Balaban J connectivity index is 1.82. The predicted octanol–water partition coefficient (Wildman–Crippen LogP) is 3.68. The average molecular weight is 262 g/mol. The van der Waals surface area contributed by atoms with Crippen LogP contribution in [0.5, 0.6) is 0 Å². The van der Waals surface area contributed by atoms with Crippen molar-refractivity contribution in [1.82, 2.24) is 9.88 Å². The lowest BCUT2D eigenvalue weighted by Gasteiger charge is -2.19. The van der Waals surface area contributed by atoms with Crippen molar-refractivity contribution < 1.29 is 0 Å². The minimum absolute atomic E-state index is 0.179. The van der Waals surface area contributed by atoms with E-state index in [-0.39, 0.29) is 5.54 Å². The van der Waals surface area contributed by atoms with E-state index in [4.69, 9.17) is 0 Å². The second kappa shape index (κ2) is 5.72. The maximum absolute atomic E-state index is 3.51. The molecule has 0 aromatic carbocycles. The van der Waals surface area contributed by atoms with Crippen molar-refractivity contribution in [1.29, 1.82) is 0 Å². The Hall–Kier alpha value is -1.06. The average Bonchev–Trinajstić information content (AvgIpc) is 2.94. The molecule has 0 spiro atoms. The maximum Gasteiger partial charge on any atom is 0.0260 e. The summed E-state index contributed by atoms with van der Waals surface area (Å²) in [7, 11) is 0. The monoisotopic (exact) mass is 262 g/mol. The van der Waals surface area contributed by atoms with Crippen LogP contribution in [0.25, 0.3) is 0 Å². The molecule has 2 aromatic heterocycles. The molecule has 0 fully saturated rings. The van der Waals surface area contributed by atoms with Crippen molar-refractivity contribution in [3.8, 4) is 0 Å². The first kappa shape index (κ1) is 13.4. The van der Waals surface area contributed by atoms with Gasteiger partial charge in [-0.15, -0.1) is 0 Å². The highest BCUT2D eigenvalue weighted by molar-refractivity contribution is 7.07. The number of aryl methyl sites for hydroxylation is 2. The molecule has 0 unspecified atom stereocenters. The molecule has 0 amide bonds. The number of thiophene rings is 1. The molecule has 98 valence electrons. The van der Waals surface area contributed by atoms with Crippen LogP contribution in [0.2, 0.25) is 0 Å². The van der Waals surface area contributed by atoms with E-state index in [1.165, 1.54) is 11.1 Å². The summed E-state index contributed by atoms with van der Waals surface area (Å²) in [5, 5.41) is 7.88. The lowest BCUT2D eigenvalue weighted by molar-refractivity contribution is 0.424. The van der Waals surface area contributed by atoms with Crippen LogP contribution in [0.15, 0.2) is 35.3 Å². The molecule has 1 N–H and O–H groups in total. The van der Waals surface area contributed by atoms with Gasteiger partial charge in [0.15, 0.2) is 0 Å². The molecule has 0 bridgehead atoms. The highest BCUT2D eigenvalue weighted by atomic mass is 32.1. The van der Waals surface area contributed by atoms with Gasteiger partial charge in [-0.3, -0.25) is 0 Å². The third kappa shape index (κ3) is 4.31. The van der Waals surface area contributed by atoms with Gasteiger partial charge in [0, 0.05) is 31.0 Å². The molecule has 18 heavy (non-hydrogen) atoms. The van der Waals surface area contributed by atoms with E-state index < -0.39 is 0 Å². The number of rotatable bonds is 5. The fourth-order valence-corrected chi connectivity index (χ4v) is 2.50. The molecule has 0 saturated heterocycles. The van der Waals surface area contributed by atoms with E-state index in [0.717, 1.165) is 19.5 Å². The molecule has 0 aliphatic rings. The zero-order chi connectivity index (χ0) is 13.0. The van der Waals surface area contributed by atoms with Crippen molar-refractivity contribution in [3.63, 3.8) is 0 Å². The number of nitrogens with one attached hydrogen (secondary N) is 1. The van der Waals surface area contributed by atoms with E-state index in [0.29, 0.717) is 0 Å². The Kier molecular flexibility index (Phi) is 4.25. The smallest absolute Gasteiger partial charge is 0.0260 e. The summed E-state index contributed by atoms with van der Waals surface area (Å²) in [6, 6.07) is 4.41. The number of hydrogen-bond acceptors (Lipinski definition) is 2. The quantitative estimate of drug-likeness (QED) is 0.870. The van der Waals surface area contributed by atoms with Crippen molar-refractivity contribution in [2.45, 2.75) is 45.8 Å². The third-order valence-electron chi connectivity index (χ3n) is 2.87. The summed E-state index contributed by atoms with van der Waals surface area (Å²) in [6.07, 6.45) is 5.53. The predicted molar refractivity (Wildman–Crippen MR) is 79.0 cm³/mol. The Bertz CT molecular complexity index is 463. The zero-order valence-electron chi connectivity index (χ0n) is 11.4. The molecule has 0 aliphatic carbocycles. The first-order valence-corrected chi connectivity index (χ1v) is 7.38. The maximum atomic E-state index is 3.51. The van der Waals surface area contributed by atoms with Crippen LogP contribution in [-0.4, -0.2) is 10.1 Å². The third-order valence-corrected chi connectivity index (χ3v) is 3.61. The molecule has 3 heteroatoms. The first-order chi connectivity index (χ1) is 8.53. The Labute approximate surface area is 114 Å². The van der Waals surface area contributed by atoms with E-state index in [9.17, 15) is 0 Å². The molecule has 2 aromatic rings. The molecule has 0 aliphatic heterocycles. The van der Waals surface area contributed by atoms with Crippen molar-refractivity contribution in [3.05, 3.63) is 46.4 Å². The number of aromatic nitrogens is 1. The highest BCUT2D eigenvalue weighted by Gasteiger charge is 2.08. The fraction of sp³-hybridized carbons (Fsp3) is 0.467. The van der Waals surface area contributed by atoms with Crippen molar-refractivity contribution in [2.24, 2.45) is 0 Å². The summed E-state index contributed by atoms with van der Waals surface area (Å²) >= 11 is 1.77. The second-order valence-electron chi connectivity index (χ2n) is 5.74. The van der Waals surface area contributed by atoms with Gasteiger partial charge < -0.3 is 9.88 Å². The minimum Gasteiger partial charge on any atom is -0.354 e. The van der Waals surface area contributed by atoms with E-state index >= 15 is 0 Å². The molecule has 2 nitrogen and oxygen atoms in total. The Morgan fingerprint density at radius 3 is 2.72 bits per heavy atom. The molecule has 0 saturated carbocycles. The van der Waals surface area contributed by atoms with Gasteiger partial charge in [0.05, 0.1) is 0 Å². The van der Waals surface area contributed by atoms with Gasteiger partial charge in [0.2, 0.25) is 0 Å². The molecule has 0 radical (unpaired) electrons. The van der Waals surface area contributed by atoms with Crippen molar-refractivity contribution in [2.75, 3.05) is 0 Å². The van der Waals surface area contributed by atoms with E-state index in [1.54, 1.807) is 11.3 Å². The molecule has 2 rings (SSSR count). The van der Waals surface area contributed by atoms with Crippen LogP contribution in [0.3, 0.4) is 0 Å². The van der Waals surface area contributed by atoms with Gasteiger partial charge in [-0.2, -0.15) is 11.3 Å². The van der Waals surface area contributed by atoms with Crippen LogP contribution in [0.4, 0.5) is 0 Å². The van der Waals surface area contributed by atoms with Gasteiger partial charge in [-0.05, 0) is 61.2 Å². The van der Waals surface area contributed by atoms with Gasteiger partial charge in [0.1, 0.15) is 0 Å². The van der Waals surface area contributed by atoms with Gasteiger partial charge in [-0.25, -0.2) is 0 Å². The molecular weight excluding hydrogens is 240 g/mol. The normalized spacial score (nSPS) is 11.9. The van der Waals surface area contributed by atoms with Crippen LogP contribution in [0, 0.1) is 0 Å². The van der Waals surface area contributed by atoms with Crippen LogP contribution >= 0.6 is 11.3 Å². The number of hydrogen-bond donors (Lipinski definition) is 1. The van der Waals surface area contributed by atoms with E-state index in [1.807, 2.05) is 0 Å². The first-order valence-electron chi connectivity index (χ1n) is 6.44. The van der Waals surface area contributed by atoms with Crippen LogP contribution in [0.1, 0.15) is 31.9 Å². The summed E-state index contributed by atoms with van der Waals surface area (Å²) in [5.74, 6) is 0. The number of nitrogens with zero attached hydrogens (tertiary/aromatic N) is 1. The SMILES string of the molecule is CC(C)(C)NCc1ccn(CCc2ccsc2)c1. The van der Waals surface area contributed by atoms with Gasteiger partial charge in [0.25, 0.3) is 0 Å². The summed E-state index contributed by atoms with van der Waals surface area (Å²) in [4.78, 5) is 0. The summed E-state index contributed by atoms with van der Waals surface area (Å²) in [6.45, 7) is 8.59. The topological polar surface area (TPSA) is 17.0 Å². The van der Waals surface area contributed by atoms with Crippen LogP contribution in [-0.2, 0) is 19.5 Å². The van der Waals surface area contributed by atoms with E-state index in [2.05, 4.69) is 65.9 Å². The van der Waals surface area contributed by atoms with Crippen LogP contribution < -0.4 is 5.32 Å². The minimum atomic E-state index is 0.179. The lowest BCUT2D eigenvalue weighted by atomic mass is 10.1.